The third kappa shape index (κ3) is 3.69. The van der Waals surface area contributed by atoms with Crippen molar-refractivity contribution in [3.63, 3.8) is 0 Å². The van der Waals surface area contributed by atoms with Crippen LogP contribution in [0, 0.1) is 5.92 Å². The summed E-state index contributed by atoms with van der Waals surface area (Å²) in [5.41, 5.74) is 2.11. The summed E-state index contributed by atoms with van der Waals surface area (Å²) in [6, 6.07) is 7.20. The molecule has 7 heteroatoms. The van der Waals surface area contributed by atoms with Gasteiger partial charge < -0.3 is 10.4 Å². The Bertz CT molecular complexity index is 803. The first-order valence-corrected chi connectivity index (χ1v) is 8.74. The molecule has 6 nitrogen and oxygen atoms in total. The van der Waals surface area contributed by atoms with Crippen LogP contribution in [0.25, 0.3) is 5.69 Å². The lowest BCUT2D eigenvalue weighted by Crippen LogP contribution is -2.33. The summed E-state index contributed by atoms with van der Waals surface area (Å²) in [4.78, 5) is 23.7. The number of hydrogen-bond donors (Lipinski definition) is 2. The standard InChI is InChI=1S/C18H20ClN3O3/c1-2-16-15(10-20-22(16)14-5-3-4-12(19)9-14)17(23)21-13-7-6-11(8-13)18(24)25/h3-5,9-11,13H,2,6-8H2,1H3,(H,21,23)(H,24,25)/t11-,13+/m0/s1. The van der Waals surface area contributed by atoms with Crippen LogP contribution in [0.5, 0.6) is 0 Å². The molecule has 2 N–H and O–H groups in total. The SMILES string of the molecule is CCc1c(C(=O)N[C@@H]2CC[C@H](C(=O)O)C2)cnn1-c1cccc(Cl)c1. The number of nitrogens with zero attached hydrogens (tertiary/aromatic N) is 2. The molecular weight excluding hydrogens is 342 g/mol. The van der Waals surface area contributed by atoms with Gasteiger partial charge in [-0.05, 0) is 43.9 Å². The number of benzene rings is 1. The third-order valence-corrected chi connectivity index (χ3v) is 4.85. The van der Waals surface area contributed by atoms with Crippen molar-refractivity contribution in [2.75, 3.05) is 0 Å². The van der Waals surface area contributed by atoms with E-state index in [-0.39, 0.29) is 17.9 Å². The second-order valence-electron chi connectivity index (χ2n) is 6.27. The molecule has 0 unspecified atom stereocenters. The van der Waals surface area contributed by atoms with Gasteiger partial charge in [0.05, 0.1) is 29.1 Å². The molecule has 0 saturated heterocycles. The Morgan fingerprint density at radius 1 is 1.40 bits per heavy atom. The van der Waals surface area contributed by atoms with Gasteiger partial charge in [0, 0.05) is 11.1 Å². The molecule has 0 spiro atoms. The van der Waals surface area contributed by atoms with E-state index in [1.54, 1.807) is 23.0 Å². The molecule has 0 bridgehead atoms. The van der Waals surface area contributed by atoms with E-state index in [1.165, 1.54) is 0 Å². The minimum atomic E-state index is -0.792. The molecule has 2 aromatic rings. The van der Waals surface area contributed by atoms with Crippen LogP contribution in [0.4, 0.5) is 0 Å². The van der Waals surface area contributed by atoms with Crippen LogP contribution >= 0.6 is 11.6 Å². The van der Waals surface area contributed by atoms with Crippen molar-refractivity contribution in [3.05, 3.63) is 46.7 Å². The molecule has 1 aliphatic rings. The van der Waals surface area contributed by atoms with E-state index in [9.17, 15) is 9.59 Å². The highest BCUT2D eigenvalue weighted by molar-refractivity contribution is 6.30. The zero-order chi connectivity index (χ0) is 18.0. The first-order chi connectivity index (χ1) is 12.0. The molecule has 1 amide bonds. The number of aromatic nitrogens is 2. The summed E-state index contributed by atoms with van der Waals surface area (Å²) < 4.78 is 1.72. The molecular formula is C18H20ClN3O3. The molecule has 25 heavy (non-hydrogen) atoms. The molecule has 1 aromatic carbocycles. The third-order valence-electron chi connectivity index (χ3n) is 4.62. The van der Waals surface area contributed by atoms with Gasteiger partial charge in [0.15, 0.2) is 0 Å². The monoisotopic (exact) mass is 361 g/mol. The van der Waals surface area contributed by atoms with Crippen molar-refractivity contribution in [3.8, 4) is 5.69 Å². The topological polar surface area (TPSA) is 84.2 Å². The molecule has 132 valence electrons. The minimum Gasteiger partial charge on any atom is -0.481 e. The predicted molar refractivity (Wildman–Crippen MR) is 94.2 cm³/mol. The zero-order valence-corrected chi connectivity index (χ0v) is 14.7. The summed E-state index contributed by atoms with van der Waals surface area (Å²) in [5, 5.41) is 17.0. The normalized spacial score (nSPS) is 19.8. The smallest absolute Gasteiger partial charge is 0.306 e. The molecule has 1 aromatic heterocycles. The maximum absolute atomic E-state index is 12.6. The van der Waals surface area contributed by atoms with Crippen LogP contribution in [0.3, 0.4) is 0 Å². The van der Waals surface area contributed by atoms with E-state index >= 15 is 0 Å². The van der Waals surface area contributed by atoms with Crippen LogP contribution in [0.1, 0.15) is 42.2 Å². The summed E-state index contributed by atoms with van der Waals surface area (Å²) in [6.45, 7) is 1.96. The fourth-order valence-electron chi connectivity index (χ4n) is 3.33. The van der Waals surface area contributed by atoms with Crippen molar-refractivity contribution in [1.29, 1.82) is 0 Å². The first-order valence-electron chi connectivity index (χ1n) is 8.36. The Balaban J connectivity index is 1.79. The minimum absolute atomic E-state index is 0.104. The molecule has 1 heterocycles. The molecule has 0 aliphatic heterocycles. The number of aliphatic carboxylic acids is 1. The van der Waals surface area contributed by atoms with Gasteiger partial charge >= 0.3 is 5.97 Å². The average Bonchev–Trinajstić information content (AvgIpc) is 3.21. The number of carboxylic acids is 1. The van der Waals surface area contributed by atoms with Crippen molar-refractivity contribution < 1.29 is 14.7 Å². The van der Waals surface area contributed by atoms with E-state index in [4.69, 9.17) is 16.7 Å². The van der Waals surface area contributed by atoms with Crippen LogP contribution in [-0.4, -0.2) is 32.8 Å². The van der Waals surface area contributed by atoms with Crippen molar-refractivity contribution in [2.24, 2.45) is 5.92 Å². The zero-order valence-electron chi connectivity index (χ0n) is 13.9. The molecule has 1 fully saturated rings. The van der Waals surface area contributed by atoms with E-state index in [1.807, 2.05) is 19.1 Å². The quantitative estimate of drug-likeness (QED) is 0.857. The number of hydrogen-bond acceptors (Lipinski definition) is 3. The lowest BCUT2D eigenvalue weighted by atomic mass is 10.1. The maximum atomic E-state index is 12.6. The number of rotatable bonds is 5. The van der Waals surface area contributed by atoms with Gasteiger partial charge in [0.25, 0.3) is 5.91 Å². The first kappa shape index (κ1) is 17.5. The number of halogens is 1. The van der Waals surface area contributed by atoms with E-state index < -0.39 is 5.97 Å². The van der Waals surface area contributed by atoms with Crippen LogP contribution in [-0.2, 0) is 11.2 Å². The van der Waals surface area contributed by atoms with Crippen LogP contribution in [0.2, 0.25) is 5.02 Å². The summed E-state index contributed by atoms with van der Waals surface area (Å²) in [5.74, 6) is -1.37. The summed E-state index contributed by atoms with van der Waals surface area (Å²) >= 11 is 6.04. The number of carbonyl (C=O) groups is 2. The van der Waals surface area contributed by atoms with Crippen molar-refractivity contribution >= 4 is 23.5 Å². The molecule has 2 atom stereocenters. The number of nitrogens with one attached hydrogen (secondary N) is 1. The van der Waals surface area contributed by atoms with Gasteiger partial charge in [0.2, 0.25) is 0 Å². The predicted octanol–water partition coefficient (Wildman–Crippen LogP) is 3.07. The van der Waals surface area contributed by atoms with E-state index in [0.717, 1.165) is 11.4 Å². The number of carbonyl (C=O) groups excluding carboxylic acids is 1. The number of amides is 1. The summed E-state index contributed by atoms with van der Waals surface area (Å²) in [6.07, 6.45) is 3.95. The molecule has 3 rings (SSSR count). The van der Waals surface area contributed by atoms with Gasteiger partial charge in [-0.2, -0.15) is 5.10 Å². The lowest BCUT2D eigenvalue weighted by molar-refractivity contribution is -0.141. The maximum Gasteiger partial charge on any atom is 0.306 e. The van der Waals surface area contributed by atoms with Crippen LogP contribution < -0.4 is 5.32 Å². The van der Waals surface area contributed by atoms with Gasteiger partial charge in [-0.1, -0.05) is 24.6 Å². The Labute approximate surface area is 150 Å². The molecule has 0 radical (unpaired) electrons. The lowest BCUT2D eigenvalue weighted by Gasteiger charge is -2.13. The Morgan fingerprint density at radius 3 is 2.84 bits per heavy atom. The van der Waals surface area contributed by atoms with E-state index in [2.05, 4.69) is 10.4 Å². The van der Waals surface area contributed by atoms with Crippen molar-refractivity contribution in [2.45, 2.75) is 38.6 Å². The fraction of sp³-hybridized carbons (Fsp3) is 0.389. The van der Waals surface area contributed by atoms with Gasteiger partial charge in [-0.25, -0.2) is 4.68 Å². The van der Waals surface area contributed by atoms with Crippen molar-refractivity contribution in [1.82, 2.24) is 15.1 Å². The number of carboxylic acid groups (broad SMARTS) is 1. The van der Waals surface area contributed by atoms with Gasteiger partial charge in [-0.15, -0.1) is 0 Å². The Kier molecular flexibility index (Phi) is 5.08. The highest BCUT2D eigenvalue weighted by atomic mass is 35.5. The van der Waals surface area contributed by atoms with Gasteiger partial charge in [0.1, 0.15) is 0 Å². The van der Waals surface area contributed by atoms with E-state index in [0.29, 0.717) is 36.3 Å². The van der Waals surface area contributed by atoms with Gasteiger partial charge in [-0.3, -0.25) is 9.59 Å². The second-order valence-corrected chi connectivity index (χ2v) is 6.71. The highest BCUT2D eigenvalue weighted by Crippen LogP contribution is 2.26. The highest BCUT2D eigenvalue weighted by Gasteiger charge is 2.31. The second kappa shape index (κ2) is 7.27. The Morgan fingerprint density at radius 2 is 2.20 bits per heavy atom. The molecule has 1 aliphatic carbocycles. The summed E-state index contributed by atoms with van der Waals surface area (Å²) in [7, 11) is 0. The average molecular weight is 362 g/mol. The van der Waals surface area contributed by atoms with Crippen LogP contribution in [0.15, 0.2) is 30.5 Å². The Hall–Kier alpha value is -2.34. The molecule has 1 saturated carbocycles. The fourth-order valence-corrected chi connectivity index (χ4v) is 3.52. The largest absolute Gasteiger partial charge is 0.481 e.